The van der Waals surface area contributed by atoms with E-state index in [1.54, 1.807) is 12.5 Å². The van der Waals surface area contributed by atoms with Crippen LogP contribution in [0.3, 0.4) is 0 Å². The van der Waals surface area contributed by atoms with Gasteiger partial charge < -0.3 is 10.1 Å². The molecule has 14 heavy (non-hydrogen) atoms. The lowest BCUT2D eigenvalue weighted by atomic mass is 10.0. The first-order valence-electron chi connectivity index (χ1n) is 4.63. The van der Waals surface area contributed by atoms with Crippen LogP contribution >= 0.6 is 0 Å². The number of rotatable bonds is 1. The topological polar surface area (TPSA) is 21.3 Å². The van der Waals surface area contributed by atoms with E-state index in [0.717, 1.165) is 11.3 Å². The Morgan fingerprint density at radius 1 is 1.21 bits per heavy atom. The molecular weight excluding hydrogens is 174 g/mol. The summed E-state index contributed by atoms with van der Waals surface area (Å²) < 4.78 is 5.40. The lowest BCUT2D eigenvalue weighted by Crippen LogP contribution is -2.03. The molecule has 0 atom stereocenters. The van der Waals surface area contributed by atoms with Gasteiger partial charge in [0.1, 0.15) is 12.0 Å². The number of benzene rings is 1. The molecule has 1 aliphatic rings. The molecule has 0 radical (unpaired) electrons. The third-order valence-corrected chi connectivity index (χ3v) is 2.22. The molecule has 0 aromatic heterocycles. The second-order valence-corrected chi connectivity index (χ2v) is 3.41. The molecule has 0 saturated heterocycles. The third-order valence-electron chi connectivity index (χ3n) is 2.22. The van der Waals surface area contributed by atoms with Gasteiger partial charge in [-0.15, -0.1) is 0 Å². The smallest absolute Gasteiger partial charge is 0.150 e. The van der Waals surface area contributed by atoms with Crippen molar-refractivity contribution in [1.29, 1.82) is 0 Å². The molecule has 0 fully saturated rings. The molecule has 1 aromatic rings. The highest BCUT2D eigenvalue weighted by molar-refractivity contribution is 5.64. The minimum atomic E-state index is 0.866. The molecule has 2 nitrogen and oxygen atoms in total. The van der Waals surface area contributed by atoms with Gasteiger partial charge in [0, 0.05) is 18.0 Å². The van der Waals surface area contributed by atoms with E-state index < -0.39 is 0 Å². The van der Waals surface area contributed by atoms with Crippen LogP contribution < -0.4 is 5.32 Å². The van der Waals surface area contributed by atoms with Crippen LogP contribution in [0.5, 0.6) is 0 Å². The van der Waals surface area contributed by atoms with Crippen molar-refractivity contribution in [2.75, 3.05) is 0 Å². The summed E-state index contributed by atoms with van der Waals surface area (Å²) in [4.78, 5) is 0. The van der Waals surface area contributed by atoms with Gasteiger partial charge in [-0.05, 0) is 19.4 Å². The van der Waals surface area contributed by atoms with Crippen LogP contribution in [0.4, 0.5) is 0 Å². The van der Waals surface area contributed by atoms with Crippen LogP contribution in [-0.2, 0) is 4.74 Å². The van der Waals surface area contributed by atoms with Crippen molar-refractivity contribution in [3.63, 3.8) is 0 Å². The average molecular weight is 187 g/mol. The molecule has 1 aliphatic heterocycles. The molecule has 0 amide bonds. The molecule has 0 aliphatic carbocycles. The molecule has 0 saturated carbocycles. The number of nitrogens with one attached hydrogen (secondary N) is 1. The van der Waals surface area contributed by atoms with Gasteiger partial charge >= 0.3 is 0 Å². The van der Waals surface area contributed by atoms with Gasteiger partial charge in [-0.25, -0.2) is 0 Å². The Balaban J connectivity index is 2.36. The van der Waals surface area contributed by atoms with Crippen molar-refractivity contribution in [3.8, 4) is 0 Å². The van der Waals surface area contributed by atoms with Crippen molar-refractivity contribution in [1.82, 2.24) is 5.32 Å². The minimum Gasteiger partial charge on any atom is -0.461 e. The predicted octanol–water partition coefficient (Wildman–Crippen LogP) is 2.69. The van der Waals surface area contributed by atoms with E-state index in [1.807, 2.05) is 6.20 Å². The molecule has 0 bridgehead atoms. The van der Waals surface area contributed by atoms with Gasteiger partial charge in [0.2, 0.25) is 0 Å². The first-order valence-corrected chi connectivity index (χ1v) is 4.63. The van der Waals surface area contributed by atoms with Crippen molar-refractivity contribution < 1.29 is 4.74 Å². The Morgan fingerprint density at radius 3 is 2.71 bits per heavy atom. The maximum Gasteiger partial charge on any atom is 0.150 e. The van der Waals surface area contributed by atoms with Gasteiger partial charge in [0.25, 0.3) is 0 Å². The molecule has 2 heteroatoms. The molecule has 0 spiro atoms. The van der Waals surface area contributed by atoms with Gasteiger partial charge in [-0.1, -0.05) is 23.8 Å². The van der Waals surface area contributed by atoms with Gasteiger partial charge in [0.05, 0.1) is 0 Å². The lowest BCUT2D eigenvalue weighted by Gasteiger charge is -2.13. The van der Waals surface area contributed by atoms with E-state index in [-0.39, 0.29) is 0 Å². The van der Waals surface area contributed by atoms with E-state index >= 15 is 0 Å². The fourth-order valence-corrected chi connectivity index (χ4v) is 1.54. The summed E-state index contributed by atoms with van der Waals surface area (Å²) in [6.45, 7) is 4.18. The summed E-state index contributed by atoms with van der Waals surface area (Å²) in [6, 6.07) is 6.32. The number of hydrogen-bond acceptors (Lipinski definition) is 2. The van der Waals surface area contributed by atoms with Crippen molar-refractivity contribution in [2.24, 2.45) is 0 Å². The second kappa shape index (κ2) is 3.58. The second-order valence-electron chi connectivity index (χ2n) is 3.41. The number of aryl methyl sites for hydroxylation is 2. The number of hydrogen-bond donors (Lipinski definition) is 1. The van der Waals surface area contributed by atoms with Gasteiger partial charge in [0.15, 0.2) is 0 Å². The third kappa shape index (κ3) is 1.64. The highest BCUT2D eigenvalue weighted by Gasteiger charge is 2.06. The Morgan fingerprint density at radius 2 is 2.07 bits per heavy atom. The minimum absolute atomic E-state index is 0.866. The van der Waals surface area contributed by atoms with Crippen LogP contribution in [0.1, 0.15) is 16.7 Å². The molecule has 72 valence electrons. The van der Waals surface area contributed by atoms with Crippen LogP contribution in [0, 0.1) is 13.8 Å². The zero-order chi connectivity index (χ0) is 9.97. The van der Waals surface area contributed by atoms with Crippen molar-refractivity contribution in [3.05, 3.63) is 53.6 Å². The van der Waals surface area contributed by atoms with Crippen LogP contribution in [0.15, 0.2) is 36.9 Å². The molecule has 0 unspecified atom stereocenters. The van der Waals surface area contributed by atoms with E-state index in [4.69, 9.17) is 4.74 Å². The molecule has 1 N–H and O–H groups in total. The van der Waals surface area contributed by atoms with Crippen LogP contribution in [0.2, 0.25) is 0 Å². The lowest BCUT2D eigenvalue weighted by molar-refractivity contribution is 0.423. The summed E-state index contributed by atoms with van der Waals surface area (Å²) in [7, 11) is 0. The Hall–Kier alpha value is -1.70. The first-order chi connectivity index (χ1) is 6.77. The summed E-state index contributed by atoms with van der Waals surface area (Å²) >= 11 is 0. The fraction of sp³-hybridized carbons (Fsp3) is 0.167. The Kier molecular flexibility index (Phi) is 2.27. The molecule has 1 aromatic carbocycles. The van der Waals surface area contributed by atoms with Gasteiger partial charge in [-0.3, -0.25) is 0 Å². The highest BCUT2D eigenvalue weighted by Crippen LogP contribution is 2.21. The summed E-state index contributed by atoms with van der Waals surface area (Å²) in [5.41, 5.74) is 3.63. The molecule has 2 rings (SSSR count). The van der Waals surface area contributed by atoms with E-state index in [1.165, 1.54) is 11.1 Å². The summed E-state index contributed by atoms with van der Waals surface area (Å²) in [5, 5.41) is 3.01. The standard InChI is InChI=1S/C12H13NO/c1-9-3-4-11(10(2)7-9)12-8-13-5-6-14-12/h3-8,13H,1-2H3. The van der Waals surface area contributed by atoms with E-state index in [9.17, 15) is 0 Å². The SMILES string of the molecule is Cc1ccc(C2=CNC=CO2)c(C)c1. The monoisotopic (exact) mass is 187 g/mol. The molecule has 1 heterocycles. The average Bonchev–Trinajstić information content (AvgIpc) is 2.19. The predicted molar refractivity (Wildman–Crippen MR) is 57.3 cm³/mol. The largest absolute Gasteiger partial charge is 0.461 e. The van der Waals surface area contributed by atoms with Crippen LogP contribution in [-0.4, -0.2) is 0 Å². The summed E-state index contributed by atoms with van der Waals surface area (Å²) in [6.07, 6.45) is 5.26. The van der Waals surface area contributed by atoms with E-state index in [0.29, 0.717) is 0 Å². The maximum absolute atomic E-state index is 5.40. The zero-order valence-electron chi connectivity index (χ0n) is 8.37. The Bertz CT molecular complexity index is 405. The Labute approximate surface area is 83.9 Å². The number of ether oxygens (including phenoxy) is 1. The first kappa shape index (κ1) is 8.88. The zero-order valence-corrected chi connectivity index (χ0v) is 8.37. The maximum atomic E-state index is 5.40. The fourth-order valence-electron chi connectivity index (χ4n) is 1.54. The quantitative estimate of drug-likeness (QED) is 0.729. The molecular formula is C12H13NO. The van der Waals surface area contributed by atoms with Gasteiger partial charge in [-0.2, -0.15) is 0 Å². The van der Waals surface area contributed by atoms with Crippen molar-refractivity contribution >= 4 is 5.76 Å². The normalized spacial score (nSPS) is 14.3. The van der Waals surface area contributed by atoms with Crippen molar-refractivity contribution in [2.45, 2.75) is 13.8 Å². The van der Waals surface area contributed by atoms with E-state index in [2.05, 4.69) is 37.4 Å². The summed E-state index contributed by atoms with van der Waals surface area (Å²) in [5.74, 6) is 0.866. The highest BCUT2D eigenvalue weighted by atomic mass is 16.5. The van der Waals surface area contributed by atoms with Crippen LogP contribution in [0.25, 0.3) is 5.76 Å².